The third kappa shape index (κ3) is 3.06. The molecule has 0 spiro atoms. The zero-order valence-electron chi connectivity index (χ0n) is 15.8. The maximum Gasteiger partial charge on any atom is 0.338 e. The van der Waals surface area contributed by atoms with Crippen LogP contribution in [-0.2, 0) is 9.53 Å². The Balaban J connectivity index is 1.94. The van der Waals surface area contributed by atoms with Crippen LogP contribution in [0, 0.1) is 22.7 Å². The summed E-state index contributed by atoms with van der Waals surface area (Å²) in [7, 11) is 0. The molecule has 0 fully saturated rings. The molecule has 142 valence electrons. The lowest BCUT2D eigenvalue weighted by Crippen LogP contribution is -2.37. The molecule has 2 aromatic rings. The van der Waals surface area contributed by atoms with Gasteiger partial charge in [-0.25, -0.2) is 9.79 Å². The Morgan fingerprint density at radius 2 is 1.90 bits per heavy atom. The normalized spacial score (nSPS) is 17.0. The van der Waals surface area contributed by atoms with E-state index in [1.54, 1.807) is 26.0 Å². The van der Waals surface area contributed by atoms with Gasteiger partial charge in [-0.2, -0.15) is 10.5 Å². The zero-order valence-corrected chi connectivity index (χ0v) is 16.7. The molecule has 2 aromatic carbocycles. The summed E-state index contributed by atoms with van der Waals surface area (Å²) in [5.74, 6) is -0.408. The predicted octanol–water partition coefficient (Wildman–Crippen LogP) is 4.29. The molecule has 2 aliphatic rings. The molecule has 0 amide bonds. The van der Waals surface area contributed by atoms with Crippen LogP contribution in [0.1, 0.15) is 36.6 Å². The molecule has 0 bridgehead atoms. The van der Waals surface area contributed by atoms with Crippen molar-refractivity contribution in [2.24, 2.45) is 4.99 Å². The van der Waals surface area contributed by atoms with Crippen LogP contribution in [0.3, 0.4) is 0 Å². The van der Waals surface area contributed by atoms with Gasteiger partial charge in [0.05, 0.1) is 40.7 Å². The number of aliphatic imine (C=N–C) groups is 1. The van der Waals surface area contributed by atoms with Gasteiger partial charge in [0.1, 0.15) is 12.1 Å². The Kier molecular flexibility index (Phi) is 4.84. The van der Waals surface area contributed by atoms with E-state index >= 15 is 0 Å². The minimum atomic E-state index is -0.434. The summed E-state index contributed by atoms with van der Waals surface area (Å²) in [5, 5.41) is 19.5. The van der Waals surface area contributed by atoms with Crippen LogP contribution in [0.2, 0.25) is 0 Å². The highest BCUT2D eigenvalue weighted by molar-refractivity contribution is 8.14. The lowest BCUT2D eigenvalue weighted by molar-refractivity contribution is -0.138. The van der Waals surface area contributed by atoms with Gasteiger partial charge in [0.2, 0.25) is 0 Å². The Morgan fingerprint density at radius 1 is 1.21 bits per heavy atom. The number of anilines is 1. The van der Waals surface area contributed by atoms with Crippen molar-refractivity contribution >= 4 is 28.6 Å². The summed E-state index contributed by atoms with van der Waals surface area (Å²) < 4.78 is 5.33. The molecular weight excluding hydrogens is 384 g/mol. The number of amidine groups is 1. The summed E-state index contributed by atoms with van der Waals surface area (Å²) in [6.07, 6.45) is 0. The van der Waals surface area contributed by atoms with Crippen molar-refractivity contribution in [3.63, 3.8) is 0 Å². The molecule has 0 aromatic heterocycles. The molecule has 2 aliphatic heterocycles. The van der Waals surface area contributed by atoms with Crippen molar-refractivity contribution in [2.75, 3.05) is 11.5 Å². The first-order valence-electron chi connectivity index (χ1n) is 9.05. The molecule has 0 saturated heterocycles. The van der Waals surface area contributed by atoms with Crippen LogP contribution in [0.15, 0.2) is 63.6 Å². The van der Waals surface area contributed by atoms with Crippen LogP contribution in [-0.4, -0.2) is 17.7 Å². The van der Waals surface area contributed by atoms with Crippen LogP contribution >= 0.6 is 11.8 Å². The Morgan fingerprint density at radius 3 is 2.55 bits per heavy atom. The molecule has 0 saturated carbocycles. The molecule has 0 unspecified atom stereocenters. The zero-order chi connectivity index (χ0) is 20.5. The van der Waals surface area contributed by atoms with E-state index in [4.69, 9.17) is 4.74 Å². The number of nitrogens with zero attached hydrogens (tertiary/aromatic N) is 4. The largest absolute Gasteiger partial charge is 0.463 e. The van der Waals surface area contributed by atoms with E-state index in [-0.39, 0.29) is 6.61 Å². The van der Waals surface area contributed by atoms with E-state index < -0.39 is 12.0 Å². The maximum atomic E-state index is 12.8. The summed E-state index contributed by atoms with van der Waals surface area (Å²) in [6, 6.07) is 16.8. The molecular formula is C22H16N4O2S. The fourth-order valence-corrected chi connectivity index (χ4v) is 4.67. The van der Waals surface area contributed by atoms with Gasteiger partial charge in [-0.3, -0.25) is 0 Å². The Bertz CT molecular complexity index is 1160. The molecule has 1 atom stereocenters. The van der Waals surface area contributed by atoms with Crippen molar-refractivity contribution < 1.29 is 9.53 Å². The highest BCUT2D eigenvalue weighted by Crippen LogP contribution is 2.50. The van der Waals surface area contributed by atoms with Crippen molar-refractivity contribution in [1.82, 2.24) is 0 Å². The number of ether oxygens (including phenoxy) is 1. The second kappa shape index (κ2) is 7.46. The lowest BCUT2D eigenvalue weighted by atomic mass is 9.93. The van der Waals surface area contributed by atoms with Gasteiger partial charge in [-0.1, -0.05) is 30.3 Å². The van der Waals surface area contributed by atoms with Crippen molar-refractivity contribution in [1.29, 1.82) is 10.5 Å². The first kappa shape index (κ1) is 18.8. The second-order valence-electron chi connectivity index (χ2n) is 6.49. The van der Waals surface area contributed by atoms with Crippen LogP contribution in [0.25, 0.3) is 0 Å². The van der Waals surface area contributed by atoms with Gasteiger partial charge in [0, 0.05) is 4.90 Å². The van der Waals surface area contributed by atoms with E-state index in [0.717, 1.165) is 16.1 Å². The minimum Gasteiger partial charge on any atom is -0.463 e. The third-order valence-electron chi connectivity index (χ3n) is 4.80. The van der Waals surface area contributed by atoms with Gasteiger partial charge in [-0.05, 0) is 43.3 Å². The van der Waals surface area contributed by atoms with Gasteiger partial charge < -0.3 is 9.64 Å². The summed E-state index contributed by atoms with van der Waals surface area (Å²) in [4.78, 5) is 20.3. The van der Waals surface area contributed by atoms with Crippen molar-refractivity contribution in [3.05, 3.63) is 70.4 Å². The standard InChI is InChI=1S/C22H16N4O2S/c1-3-28-21(27)19-13(2)25-22-26(20(19)14-7-5-4-6-8-14)17-9-15(11-23)16(12-24)10-18(17)29-22/h4-10,20H,3H2,1-2H3/t20-/m0/s1. The number of esters is 1. The van der Waals surface area contributed by atoms with E-state index in [9.17, 15) is 15.3 Å². The molecule has 0 N–H and O–H groups in total. The summed E-state index contributed by atoms with van der Waals surface area (Å²) in [5.41, 5.74) is 3.36. The Hall–Kier alpha value is -3.55. The number of nitriles is 2. The number of hydrogen-bond donors (Lipinski definition) is 0. The second-order valence-corrected chi connectivity index (χ2v) is 7.50. The number of rotatable bonds is 3. The van der Waals surface area contributed by atoms with E-state index in [1.807, 2.05) is 35.2 Å². The first-order chi connectivity index (χ1) is 14.1. The molecule has 29 heavy (non-hydrogen) atoms. The molecule has 2 heterocycles. The average molecular weight is 400 g/mol. The number of benzene rings is 2. The van der Waals surface area contributed by atoms with Gasteiger partial charge >= 0.3 is 5.97 Å². The fourth-order valence-electron chi connectivity index (χ4n) is 3.55. The minimum absolute atomic E-state index is 0.267. The molecule has 0 radical (unpaired) electrons. The van der Waals surface area contributed by atoms with Crippen molar-refractivity contribution in [3.8, 4) is 12.1 Å². The number of allylic oxidation sites excluding steroid dienone is 1. The molecule has 0 aliphatic carbocycles. The van der Waals surface area contributed by atoms with Crippen LogP contribution < -0.4 is 4.90 Å². The highest BCUT2D eigenvalue weighted by Gasteiger charge is 2.42. The summed E-state index contributed by atoms with van der Waals surface area (Å²) in [6.45, 7) is 3.84. The van der Waals surface area contributed by atoms with Gasteiger partial charge in [0.25, 0.3) is 0 Å². The number of thioether (sulfide) groups is 1. The topological polar surface area (TPSA) is 89.5 Å². The first-order valence-corrected chi connectivity index (χ1v) is 9.87. The summed E-state index contributed by atoms with van der Waals surface area (Å²) >= 11 is 1.43. The van der Waals surface area contributed by atoms with Gasteiger partial charge in [0.15, 0.2) is 5.17 Å². The lowest BCUT2D eigenvalue weighted by Gasteiger charge is -2.34. The monoisotopic (exact) mass is 400 g/mol. The Labute approximate surface area is 172 Å². The van der Waals surface area contributed by atoms with Crippen LogP contribution in [0.4, 0.5) is 5.69 Å². The maximum absolute atomic E-state index is 12.8. The number of fused-ring (bicyclic) bond motifs is 3. The van der Waals surface area contributed by atoms with Gasteiger partial charge in [-0.15, -0.1) is 0 Å². The van der Waals surface area contributed by atoms with Crippen LogP contribution in [0.5, 0.6) is 0 Å². The fraction of sp³-hybridized carbons (Fsp3) is 0.182. The molecule has 4 rings (SSSR count). The smallest absolute Gasteiger partial charge is 0.338 e. The number of hydrogen-bond acceptors (Lipinski definition) is 7. The van der Waals surface area contributed by atoms with E-state index in [1.165, 1.54) is 11.8 Å². The SMILES string of the molecule is CCOC(=O)C1=C(C)N=C2Sc3cc(C#N)c(C#N)cc3N2[C@H]1c1ccccc1. The average Bonchev–Trinajstić information content (AvgIpc) is 3.08. The van der Waals surface area contributed by atoms with Crippen molar-refractivity contribution in [2.45, 2.75) is 24.8 Å². The highest BCUT2D eigenvalue weighted by atomic mass is 32.2. The number of carbonyl (C=O) groups is 1. The third-order valence-corrected chi connectivity index (χ3v) is 5.82. The molecule has 7 heteroatoms. The van der Waals surface area contributed by atoms with E-state index in [2.05, 4.69) is 17.1 Å². The van der Waals surface area contributed by atoms with E-state index in [0.29, 0.717) is 27.6 Å². The molecule has 6 nitrogen and oxygen atoms in total. The number of carbonyl (C=O) groups excluding carboxylic acids is 1. The quantitative estimate of drug-likeness (QED) is 0.714. The predicted molar refractivity (Wildman–Crippen MR) is 110 cm³/mol.